The molecule has 0 fully saturated rings. The maximum Gasteiger partial charge on any atom is 0.315 e. The number of amides is 2. The Labute approximate surface area is 213 Å². The van der Waals surface area contributed by atoms with Crippen LogP contribution in [-0.4, -0.2) is 35.0 Å². The van der Waals surface area contributed by atoms with Gasteiger partial charge in [0.2, 0.25) is 20.0 Å². The minimum atomic E-state index is -4.16. The van der Waals surface area contributed by atoms with Gasteiger partial charge in [-0.15, -0.1) is 0 Å². The molecule has 13 heteroatoms. The van der Waals surface area contributed by atoms with Gasteiger partial charge in [0.05, 0.1) is 11.9 Å². The standard InChI is InChI=1S/C21H28FIN4O5S2/c1-21(2,3)16-7-5-14(6-8-16)11-24-20(28)25-12-15-9-17(22)19(18(23)10-15)27-34(31,32)13-26-33(4,29)30/h5-10,26-27H,11-13H2,1-4H3,(H2,24,25,28). The van der Waals surface area contributed by atoms with Crippen LogP contribution < -0.4 is 20.1 Å². The zero-order chi connectivity index (χ0) is 25.7. The highest BCUT2D eigenvalue weighted by Crippen LogP contribution is 2.25. The number of halogens is 2. The van der Waals surface area contributed by atoms with Crippen molar-refractivity contribution >= 4 is 54.4 Å². The molecular weight excluding hydrogens is 598 g/mol. The van der Waals surface area contributed by atoms with E-state index in [1.54, 1.807) is 22.6 Å². The van der Waals surface area contributed by atoms with Gasteiger partial charge < -0.3 is 10.6 Å². The van der Waals surface area contributed by atoms with Crippen molar-refractivity contribution in [2.75, 3.05) is 16.9 Å². The Morgan fingerprint density at radius 1 is 0.971 bits per heavy atom. The molecule has 0 saturated carbocycles. The fourth-order valence-electron chi connectivity index (χ4n) is 2.75. The highest BCUT2D eigenvalue weighted by molar-refractivity contribution is 14.1. The van der Waals surface area contributed by atoms with Crippen LogP contribution in [0.1, 0.15) is 37.5 Å². The van der Waals surface area contributed by atoms with Gasteiger partial charge in [0, 0.05) is 16.7 Å². The molecule has 0 saturated heterocycles. The van der Waals surface area contributed by atoms with Crippen LogP contribution in [-0.2, 0) is 38.6 Å². The van der Waals surface area contributed by atoms with Crippen LogP contribution in [0.25, 0.3) is 0 Å². The summed E-state index contributed by atoms with van der Waals surface area (Å²) in [6, 6.07) is 10.1. The van der Waals surface area contributed by atoms with E-state index in [1.807, 2.05) is 33.7 Å². The average Bonchev–Trinajstić information content (AvgIpc) is 2.71. The first-order chi connectivity index (χ1) is 15.6. The number of anilines is 1. The van der Waals surface area contributed by atoms with Gasteiger partial charge in [-0.1, -0.05) is 45.0 Å². The van der Waals surface area contributed by atoms with E-state index >= 15 is 0 Å². The zero-order valence-corrected chi connectivity index (χ0v) is 23.0. The number of hydrogen-bond acceptors (Lipinski definition) is 5. The van der Waals surface area contributed by atoms with Crippen LogP contribution in [0.4, 0.5) is 14.9 Å². The Hall–Kier alpha value is -1.97. The Morgan fingerprint density at radius 3 is 2.03 bits per heavy atom. The van der Waals surface area contributed by atoms with E-state index in [0.717, 1.165) is 17.9 Å². The largest absolute Gasteiger partial charge is 0.334 e. The molecule has 0 heterocycles. The summed E-state index contributed by atoms with van der Waals surface area (Å²) >= 11 is 1.75. The number of rotatable bonds is 9. The lowest BCUT2D eigenvalue weighted by Crippen LogP contribution is -2.34. The van der Waals surface area contributed by atoms with Crippen molar-refractivity contribution in [1.82, 2.24) is 15.4 Å². The van der Waals surface area contributed by atoms with Crippen molar-refractivity contribution < 1.29 is 26.0 Å². The molecule has 9 nitrogen and oxygen atoms in total. The van der Waals surface area contributed by atoms with Crippen molar-refractivity contribution in [3.63, 3.8) is 0 Å². The Morgan fingerprint density at radius 2 is 1.53 bits per heavy atom. The Bertz CT molecular complexity index is 1220. The minimum Gasteiger partial charge on any atom is -0.334 e. The van der Waals surface area contributed by atoms with E-state index in [9.17, 15) is 26.0 Å². The molecule has 2 aromatic carbocycles. The number of nitrogens with one attached hydrogen (secondary N) is 4. The third kappa shape index (κ3) is 9.35. The van der Waals surface area contributed by atoms with Gasteiger partial charge in [0.1, 0.15) is 11.7 Å². The lowest BCUT2D eigenvalue weighted by atomic mass is 9.87. The summed E-state index contributed by atoms with van der Waals surface area (Å²) in [7, 11) is -7.89. The van der Waals surface area contributed by atoms with Crippen molar-refractivity contribution in [2.45, 2.75) is 39.3 Å². The van der Waals surface area contributed by atoms with Crippen LogP contribution in [0.15, 0.2) is 36.4 Å². The van der Waals surface area contributed by atoms with Gasteiger partial charge in [0.25, 0.3) is 0 Å². The summed E-state index contributed by atoms with van der Waals surface area (Å²) in [6.45, 7) is 6.70. The zero-order valence-electron chi connectivity index (χ0n) is 19.2. The maximum absolute atomic E-state index is 14.5. The highest BCUT2D eigenvalue weighted by atomic mass is 127. The van der Waals surface area contributed by atoms with Gasteiger partial charge in [-0.2, -0.15) is 4.72 Å². The number of carbonyl (C=O) groups is 1. The molecule has 2 aromatic rings. The second-order valence-electron chi connectivity index (χ2n) is 8.70. The van der Waals surface area contributed by atoms with E-state index in [-0.39, 0.29) is 21.2 Å². The quantitative estimate of drug-likeness (QED) is 0.318. The predicted octanol–water partition coefficient (Wildman–Crippen LogP) is 2.98. The number of hydrogen-bond donors (Lipinski definition) is 4. The summed E-state index contributed by atoms with van der Waals surface area (Å²) in [5, 5.41) is 5.36. The molecule has 0 aliphatic carbocycles. The smallest absolute Gasteiger partial charge is 0.315 e. The molecule has 0 aliphatic rings. The van der Waals surface area contributed by atoms with E-state index in [2.05, 4.69) is 31.4 Å². The minimum absolute atomic E-state index is 0.0182. The van der Waals surface area contributed by atoms with Gasteiger partial charge >= 0.3 is 6.03 Å². The SMILES string of the molecule is CC(C)(C)c1ccc(CNC(=O)NCc2cc(F)c(NS(=O)(=O)CNS(C)(=O)=O)c(I)c2)cc1. The number of carbonyl (C=O) groups excluding carboxylic acids is 1. The summed E-state index contributed by atoms with van der Waals surface area (Å²) in [6.07, 6.45) is 0.813. The van der Waals surface area contributed by atoms with Crippen molar-refractivity contribution in [1.29, 1.82) is 0 Å². The molecule has 188 valence electrons. The van der Waals surface area contributed by atoms with Crippen LogP contribution in [0.3, 0.4) is 0 Å². The van der Waals surface area contributed by atoms with Crippen molar-refractivity contribution in [3.8, 4) is 0 Å². The van der Waals surface area contributed by atoms with Gasteiger partial charge in [-0.25, -0.2) is 26.0 Å². The van der Waals surface area contributed by atoms with Gasteiger partial charge in [-0.3, -0.25) is 4.72 Å². The summed E-state index contributed by atoms with van der Waals surface area (Å²) in [4.78, 5) is 12.1. The summed E-state index contributed by atoms with van der Waals surface area (Å²) in [5.41, 5.74) is 2.28. The summed E-state index contributed by atoms with van der Waals surface area (Å²) in [5.74, 6) is -1.78. The van der Waals surface area contributed by atoms with Crippen molar-refractivity contribution in [3.05, 3.63) is 62.5 Å². The first kappa shape index (κ1) is 28.3. The maximum atomic E-state index is 14.5. The second kappa shape index (κ2) is 11.2. The monoisotopic (exact) mass is 626 g/mol. The number of urea groups is 1. The molecule has 0 radical (unpaired) electrons. The van der Waals surface area contributed by atoms with Crippen LogP contribution in [0.2, 0.25) is 0 Å². The molecule has 0 aromatic heterocycles. The van der Waals surface area contributed by atoms with E-state index < -0.39 is 37.8 Å². The summed E-state index contributed by atoms with van der Waals surface area (Å²) < 4.78 is 64.9. The fourth-order valence-corrected chi connectivity index (χ4v) is 5.79. The van der Waals surface area contributed by atoms with Gasteiger partial charge in [-0.05, 0) is 56.8 Å². The lowest BCUT2D eigenvalue weighted by Gasteiger charge is -2.19. The predicted molar refractivity (Wildman–Crippen MR) is 139 cm³/mol. The molecule has 4 N–H and O–H groups in total. The first-order valence-corrected chi connectivity index (χ1v) is 14.7. The normalized spacial score (nSPS) is 12.3. The molecule has 2 rings (SSSR count). The molecule has 34 heavy (non-hydrogen) atoms. The molecule has 2 amide bonds. The Balaban J connectivity index is 1.93. The van der Waals surface area contributed by atoms with E-state index in [1.165, 1.54) is 11.6 Å². The third-order valence-corrected chi connectivity index (χ3v) is 7.34. The molecular formula is C21H28FIN4O5S2. The molecule has 0 bridgehead atoms. The topological polar surface area (TPSA) is 133 Å². The third-order valence-electron chi connectivity index (χ3n) is 4.60. The lowest BCUT2D eigenvalue weighted by molar-refractivity contribution is 0.240. The second-order valence-corrected chi connectivity index (χ2v) is 13.4. The van der Waals surface area contributed by atoms with Crippen LogP contribution in [0.5, 0.6) is 0 Å². The van der Waals surface area contributed by atoms with Crippen LogP contribution >= 0.6 is 22.6 Å². The van der Waals surface area contributed by atoms with E-state index in [0.29, 0.717) is 12.1 Å². The highest BCUT2D eigenvalue weighted by Gasteiger charge is 2.19. The fraction of sp³-hybridized carbons (Fsp3) is 0.381. The average molecular weight is 627 g/mol. The van der Waals surface area contributed by atoms with Crippen LogP contribution in [0, 0.1) is 9.39 Å². The van der Waals surface area contributed by atoms with E-state index in [4.69, 9.17) is 0 Å². The molecule has 0 aliphatic heterocycles. The number of benzene rings is 2. The molecule has 0 unspecified atom stereocenters. The van der Waals surface area contributed by atoms with Crippen molar-refractivity contribution in [2.24, 2.45) is 0 Å². The molecule has 0 atom stereocenters. The van der Waals surface area contributed by atoms with Gasteiger partial charge in [0.15, 0.2) is 0 Å². The number of sulfonamides is 2. The molecule has 0 spiro atoms. The Kier molecular flexibility index (Phi) is 9.30. The first-order valence-electron chi connectivity index (χ1n) is 10.1.